The second-order valence-corrected chi connectivity index (χ2v) is 10.7. The summed E-state index contributed by atoms with van der Waals surface area (Å²) in [4.78, 5) is 28.1. The van der Waals surface area contributed by atoms with Gasteiger partial charge >= 0.3 is 0 Å². The van der Waals surface area contributed by atoms with E-state index in [2.05, 4.69) is 52.2 Å². The van der Waals surface area contributed by atoms with Gasteiger partial charge in [0.15, 0.2) is 12.0 Å². The monoisotopic (exact) mass is 568 g/mol. The van der Waals surface area contributed by atoms with Crippen molar-refractivity contribution in [3.63, 3.8) is 0 Å². The molecule has 2 aliphatic rings. The van der Waals surface area contributed by atoms with Crippen molar-refractivity contribution in [2.75, 3.05) is 38.8 Å². The van der Waals surface area contributed by atoms with Crippen LogP contribution in [0, 0.1) is 5.92 Å². The lowest BCUT2D eigenvalue weighted by atomic mass is 9.99. The lowest BCUT2D eigenvalue weighted by Gasteiger charge is -2.22. The number of carbonyl (C=O) groups excluding carboxylic acids is 1. The summed E-state index contributed by atoms with van der Waals surface area (Å²) in [6, 6.07) is 18.4. The molecule has 0 saturated carbocycles. The number of nitrogens with zero attached hydrogens (tertiary/aromatic N) is 2. The number of benzene rings is 2. The number of hydrogen-bond donors (Lipinski definition) is 2. The fourth-order valence-corrected chi connectivity index (χ4v) is 5.50. The number of pyridine rings is 2. The Balaban J connectivity index is 1.22. The van der Waals surface area contributed by atoms with Crippen LogP contribution in [0.2, 0.25) is 0 Å². The molecule has 2 N–H and O–H groups in total. The molecule has 9 heteroatoms. The van der Waals surface area contributed by atoms with Gasteiger partial charge in [-0.1, -0.05) is 36.4 Å². The molecule has 4 heterocycles. The third-order valence-corrected chi connectivity index (χ3v) is 7.91. The van der Waals surface area contributed by atoms with E-state index < -0.39 is 12.2 Å². The quantitative estimate of drug-likeness (QED) is 0.237. The molecule has 4 aromatic rings. The van der Waals surface area contributed by atoms with Gasteiger partial charge in [0.1, 0.15) is 5.69 Å². The zero-order valence-corrected chi connectivity index (χ0v) is 23.8. The number of aromatic nitrogens is 2. The van der Waals surface area contributed by atoms with E-state index in [0.717, 1.165) is 74.2 Å². The van der Waals surface area contributed by atoms with Crippen LogP contribution in [0.5, 0.6) is 5.75 Å². The average molecular weight is 569 g/mol. The van der Waals surface area contributed by atoms with E-state index in [0.29, 0.717) is 40.4 Å². The molecule has 2 aromatic heterocycles. The van der Waals surface area contributed by atoms with Gasteiger partial charge in [0.05, 0.1) is 18.2 Å². The third kappa shape index (κ3) is 6.38. The molecule has 0 radical (unpaired) electrons. The Morgan fingerprint density at radius 2 is 1.67 bits per heavy atom. The summed E-state index contributed by atoms with van der Waals surface area (Å²) in [6.07, 6.45) is 7.73. The van der Waals surface area contributed by atoms with Crippen molar-refractivity contribution in [2.24, 2.45) is 5.92 Å². The van der Waals surface area contributed by atoms with Gasteiger partial charge in [-0.25, -0.2) is 15.3 Å². The standard InChI is InChI=1S/C33H36N4O5/c1-39-32-30(33(38)37-42-29-4-2-3-17-41-29)27-21-34-16-13-28(27)36-31(32)25-7-5-23(6-8-25)24-9-11-26(12-10-24)35-20-22-14-18-40-19-15-22/h5-13,16,21-22,29,35H,2-4,14-15,17-20H2,1H3,(H,37,38). The summed E-state index contributed by atoms with van der Waals surface area (Å²) in [5.74, 6) is 0.576. The number of fused-ring (bicyclic) bond motifs is 1. The first-order valence-corrected chi connectivity index (χ1v) is 14.6. The Hall–Kier alpha value is -4.05. The topological polar surface area (TPSA) is 104 Å². The van der Waals surface area contributed by atoms with Gasteiger partial charge in [-0.3, -0.25) is 9.78 Å². The second-order valence-electron chi connectivity index (χ2n) is 10.7. The number of hydrogen-bond acceptors (Lipinski definition) is 8. The van der Waals surface area contributed by atoms with Crippen molar-refractivity contribution < 1.29 is 23.8 Å². The first kappa shape index (κ1) is 28.1. The summed E-state index contributed by atoms with van der Waals surface area (Å²) in [7, 11) is 1.54. The summed E-state index contributed by atoms with van der Waals surface area (Å²) in [5, 5.41) is 4.14. The number of methoxy groups -OCH3 is 1. The minimum Gasteiger partial charge on any atom is -0.494 e. The molecule has 9 nitrogen and oxygen atoms in total. The SMILES string of the molecule is COc1c(-c2ccc(-c3ccc(NCC4CCOCC4)cc3)cc2)nc2ccncc2c1C(=O)NOC1CCCCO1. The summed E-state index contributed by atoms with van der Waals surface area (Å²) in [5.41, 5.74) is 8.22. The van der Waals surface area contributed by atoms with E-state index in [9.17, 15) is 4.79 Å². The lowest BCUT2D eigenvalue weighted by Crippen LogP contribution is -2.33. The zero-order valence-electron chi connectivity index (χ0n) is 23.8. The van der Waals surface area contributed by atoms with Crippen molar-refractivity contribution in [3.05, 3.63) is 72.6 Å². The van der Waals surface area contributed by atoms with Gasteiger partial charge in [-0.2, -0.15) is 0 Å². The van der Waals surface area contributed by atoms with Gasteiger partial charge in [-0.05, 0) is 60.9 Å². The fourth-order valence-electron chi connectivity index (χ4n) is 5.50. The van der Waals surface area contributed by atoms with E-state index >= 15 is 0 Å². The molecule has 2 fully saturated rings. The van der Waals surface area contributed by atoms with Crippen LogP contribution in [-0.2, 0) is 14.3 Å². The smallest absolute Gasteiger partial charge is 0.279 e. The molecule has 0 spiro atoms. The molecular weight excluding hydrogens is 532 g/mol. The average Bonchev–Trinajstić information content (AvgIpc) is 3.06. The molecule has 6 rings (SSSR count). The molecule has 1 amide bonds. The Morgan fingerprint density at radius 1 is 0.929 bits per heavy atom. The Bertz CT molecular complexity index is 1500. The number of nitrogens with one attached hydrogen (secondary N) is 2. The molecule has 0 bridgehead atoms. The molecular formula is C33H36N4O5. The van der Waals surface area contributed by atoms with Crippen LogP contribution >= 0.6 is 0 Å². The van der Waals surface area contributed by atoms with E-state index in [4.69, 9.17) is 24.0 Å². The lowest BCUT2D eigenvalue weighted by molar-refractivity contribution is -0.186. The van der Waals surface area contributed by atoms with Crippen LogP contribution in [0.4, 0.5) is 5.69 Å². The first-order valence-electron chi connectivity index (χ1n) is 14.6. The highest BCUT2D eigenvalue weighted by molar-refractivity contribution is 6.09. The molecule has 2 aliphatic heterocycles. The Kier molecular flexibility index (Phi) is 8.89. The molecule has 2 aromatic carbocycles. The minimum absolute atomic E-state index is 0.314. The van der Waals surface area contributed by atoms with Crippen LogP contribution in [0.15, 0.2) is 67.0 Å². The number of ether oxygens (including phenoxy) is 3. The van der Waals surface area contributed by atoms with E-state index in [1.807, 2.05) is 12.1 Å². The van der Waals surface area contributed by atoms with E-state index in [-0.39, 0.29) is 0 Å². The van der Waals surface area contributed by atoms with Crippen molar-refractivity contribution in [3.8, 4) is 28.1 Å². The summed E-state index contributed by atoms with van der Waals surface area (Å²) in [6.45, 7) is 3.30. The number of carbonyl (C=O) groups is 1. The molecule has 1 unspecified atom stereocenters. The Morgan fingerprint density at radius 3 is 2.38 bits per heavy atom. The number of rotatable bonds is 9. The number of anilines is 1. The highest BCUT2D eigenvalue weighted by Crippen LogP contribution is 2.37. The van der Waals surface area contributed by atoms with Crippen molar-refractivity contribution >= 4 is 22.5 Å². The normalized spacial score (nSPS) is 17.6. The van der Waals surface area contributed by atoms with Gasteiger partial charge in [0.25, 0.3) is 5.91 Å². The Labute approximate surface area is 245 Å². The van der Waals surface area contributed by atoms with Crippen LogP contribution in [0.3, 0.4) is 0 Å². The van der Waals surface area contributed by atoms with Crippen LogP contribution in [-0.4, -0.2) is 55.6 Å². The van der Waals surface area contributed by atoms with Gasteiger partial charge < -0.3 is 19.5 Å². The molecule has 1 atom stereocenters. The second kappa shape index (κ2) is 13.3. The summed E-state index contributed by atoms with van der Waals surface area (Å²) < 4.78 is 16.9. The predicted molar refractivity (Wildman–Crippen MR) is 161 cm³/mol. The van der Waals surface area contributed by atoms with E-state index in [1.165, 1.54) is 7.11 Å². The maximum absolute atomic E-state index is 13.4. The number of amides is 1. The molecule has 42 heavy (non-hydrogen) atoms. The molecule has 218 valence electrons. The maximum atomic E-state index is 13.4. The van der Waals surface area contributed by atoms with Crippen LogP contribution < -0.4 is 15.5 Å². The van der Waals surface area contributed by atoms with Gasteiger partial charge in [0.2, 0.25) is 0 Å². The molecule has 0 aliphatic carbocycles. The predicted octanol–water partition coefficient (Wildman–Crippen LogP) is 6.00. The van der Waals surface area contributed by atoms with Gasteiger partial charge in [-0.15, -0.1) is 0 Å². The van der Waals surface area contributed by atoms with Crippen molar-refractivity contribution in [1.82, 2.24) is 15.4 Å². The largest absolute Gasteiger partial charge is 0.494 e. The molecule has 2 saturated heterocycles. The zero-order chi connectivity index (χ0) is 28.7. The highest BCUT2D eigenvalue weighted by atomic mass is 16.8. The fraction of sp³-hybridized carbons (Fsp3) is 0.364. The maximum Gasteiger partial charge on any atom is 0.279 e. The van der Waals surface area contributed by atoms with Crippen molar-refractivity contribution in [1.29, 1.82) is 0 Å². The minimum atomic E-state index is -0.469. The third-order valence-electron chi connectivity index (χ3n) is 7.91. The van der Waals surface area contributed by atoms with Crippen LogP contribution in [0.25, 0.3) is 33.3 Å². The number of hydroxylamine groups is 1. The van der Waals surface area contributed by atoms with Crippen molar-refractivity contribution in [2.45, 2.75) is 38.4 Å². The van der Waals surface area contributed by atoms with E-state index in [1.54, 1.807) is 18.5 Å². The first-order chi connectivity index (χ1) is 20.7. The summed E-state index contributed by atoms with van der Waals surface area (Å²) >= 11 is 0. The van der Waals surface area contributed by atoms with Gasteiger partial charge in [0, 0.05) is 61.8 Å². The van der Waals surface area contributed by atoms with Crippen LogP contribution in [0.1, 0.15) is 42.5 Å². The highest BCUT2D eigenvalue weighted by Gasteiger charge is 2.25.